The monoisotopic (exact) mass is 184 g/mol. The first-order valence-corrected chi connectivity index (χ1v) is 3.26. The highest BCUT2D eigenvalue weighted by Gasteiger charge is 2.06. The summed E-state index contributed by atoms with van der Waals surface area (Å²) < 4.78 is 4.11. The van der Waals surface area contributed by atoms with Crippen LogP contribution in [-0.4, -0.2) is 16.1 Å². The fraction of sp³-hybridized carbons (Fsp3) is 0.400. The van der Waals surface area contributed by atoms with Crippen LogP contribution in [0, 0.1) is 0 Å². The number of halogens is 2. The Balaban J connectivity index is 3.54. The molecule has 0 aromatic heterocycles. The van der Waals surface area contributed by atoms with Gasteiger partial charge in [-0.3, -0.25) is 0 Å². The molecule has 0 aromatic carbocycles. The number of carboxylic acid groups (broad SMARTS) is 1. The van der Waals surface area contributed by atoms with Crippen LogP contribution < -0.4 is 0 Å². The van der Waals surface area contributed by atoms with Crippen molar-refractivity contribution in [3.05, 3.63) is 12.3 Å². The summed E-state index contributed by atoms with van der Waals surface area (Å²) in [6.45, 7) is 3.26. The maximum absolute atomic E-state index is 9.82. The lowest BCUT2D eigenvalue weighted by Gasteiger charge is -2.02. The van der Waals surface area contributed by atoms with Crippen LogP contribution in [0.1, 0.15) is 6.42 Å². The van der Waals surface area contributed by atoms with E-state index in [4.69, 9.17) is 28.3 Å². The highest BCUT2D eigenvalue weighted by Crippen LogP contribution is 2.13. The molecule has 1 N–H and O–H groups in total. The van der Waals surface area contributed by atoms with E-state index in [-0.39, 0.29) is 12.2 Å². The third kappa shape index (κ3) is 5.72. The molecule has 0 fully saturated rings. The van der Waals surface area contributed by atoms with Crippen molar-refractivity contribution in [1.82, 2.24) is 0 Å². The zero-order valence-electron chi connectivity index (χ0n) is 5.01. The topological polar surface area (TPSA) is 46.5 Å². The Morgan fingerprint density at radius 3 is 2.50 bits per heavy atom. The minimum absolute atomic E-state index is 0.0440. The number of rotatable bonds is 3. The molecule has 0 saturated carbocycles. The molecule has 0 saturated heterocycles. The van der Waals surface area contributed by atoms with Crippen LogP contribution >= 0.6 is 23.2 Å². The molecule has 0 aliphatic carbocycles. The Morgan fingerprint density at radius 1 is 1.70 bits per heavy atom. The van der Waals surface area contributed by atoms with E-state index >= 15 is 0 Å². The normalized spacial score (nSPS) is 9.50. The van der Waals surface area contributed by atoms with Gasteiger partial charge in [0.2, 0.25) is 0 Å². The maximum atomic E-state index is 9.82. The number of hydrogen-bond donors (Lipinski definition) is 1. The van der Waals surface area contributed by atoms with E-state index in [1.165, 1.54) is 0 Å². The molecule has 3 nitrogen and oxygen atoms in total. The van der Waals surface area contributed by atoms with Crippen LogP contribution in [0.5, 0.6) is 0 Å². The van der Waals surface area contributed by atoms with E-state index in [0.29, 0.717) is 0 Å². The van der Waals surface area contributed by atoms with Crippen LogP contribution in [0.25, 0.3) is 0 Å². The van der Waals surface area contributed by atoms with Gasteiger partial charge in [0, 0.05) is 6.42 Å². The van der Waals surface area contributed by atoms with Crippen LogP contribution in [0.4, 0.5) is 4.79 Å². The van der Waals surface area contributed by atoms with Gasteiger partial charge in [0.1, 0.15) is 10.6 Å². The molecule has 0 aliphatic heterocycles. The fourth-order valence-corrected chi connectivity index (χ4v) is 0.681. The van der Waals surface area contributed by atoms with Crippen molar-refractivity contribution in [2.75, 3.05) is 0 Å². The number of hydrogen-bond acceptors (Lipinski definition) is 2. The molecule has 0 bridgehead atoms. The van der Waals surface area contributed by atoms with Crippen LogP contribution in [-0.2, 0) is 4.74 Å². The summed E-state index contributed by atoms with van der Waals surface area (Å²) in [7, 11) is 0. The van der Waals surface area contributed by atoms with Gasteiger partial charge >= 0.3 is 6.16 Å². The Kier molecular flexibility index (Phi) is 4.23. The van der Waals surface area contributed by atoms with Crippen molar-refractivity contribution in [3.63, 3.8) is 0 Å². The molecule has 5 heteroatoms. The molecule has 0 rings (SSSR count). The number of allylic oxidation sites excluding steroid dienone is 1. The van der Waals surface area contributed by atoms with E-state index in [9.17, 15) is 4.79 Å². The molecular formula is C5H6Cl2O3. The summed E-state index contributed by atoms with van der Waals surface area (Å²) >= 11 is 10.6. The van der Waals surface area contributed by atoms with E-state index in [1.807, 2.05) is 0 Å². The van der Waals surface area contributed by atoms with E-state index in [1.54, 1.807) is 0 Å². The quantitative estimate of drug-likeness (QED) is 0.417. The first-order chi connectivity index (χ1) is 4.52. The Morgan fingerprint density at radius 2 is 2.20 bits per heavy atom. The van der Waals surface area contributed by atoms with Crippen molar-refractivity contribution in [2.24, 2.45) is 0 Å². The average molecular weight is 185 g/mol. The Bertz CT molecular complexity index is 144. The maximum Gasteiger partial charge on any atom is 0.510 e. The van der Waals surface area contributed by atoms with Gasteiger partial charge in [-0.1, -0.05) is 6.58 Å². The van der Waals surface area contributed by atoms with Gasteiger partial charge in [-0.05, 0) is 0 Å². The molecule has 0 amide bonds. The van der Waals surface area contributed by atoms with Crippen LogP contribution in [0.3, 0.4) is 0 Å². The smallest absolute Gasteiger partial charge is 0.449 e. The highest BCUT2D eigenvalue weighted by molar-refractivity contribution is 6.44. The lowest BCUT2D eigenvalue weighted by molar-refractivity contribution is 0.117. The van der Waals surface area contributed by atoms with Gasteiger partial charge in [-0.2, -0.15) is 0 Å². The standard InChI is InChI=1S/C5H6Cl2O3/c1-3(2-4(6)7)10-5(8)9/h4H,1-2H2,(H,8,9). The van der Waals surface area contributed by atoms with Gasteiger partial charge < -0.3 is 9.84 Å². The molecule has 0 aliphatic rings. The predicted octanol–water partition coefficient (Wildman–Crippen LogP) is 2.39. The second-order valence-corrected chi connectivity index (χ2v) is 2.78. The Hall–Kier alpha value is -0.410. The minimum Gasteiger partial charge on any atom is -0.449 e. The molecule has 0 unspecified atom stereocenters. The van der Waals surface area contributed by atoms with Crippen LogP contribution in [0.2, 0.25) is 0 Å². The minimum atomic E-state index is -1.40. The summed E-state index contributed by atoms with van der Waals surface area (Å²) in [6, 6.07) is 0. The Labute approximate surface area is 68.2 Å². The first kappa shape index (κ1) is 9.59. The van der Waals surface area contributed by atoms with E-state index in [2.05, 4.69) is 11.3 Å². The van der Waals surface area contributed by atoms with Crippen molar-refractivity contribution in [3.8, 4) is 0 Å². The summed E-state index contributed by atoms with van der Waals surface area (Å²) in [5.41, 5.74) is 0. The van der Waals surface area contributed by atoms with E-state index in [0.717, 1.165) is 0 Å². The predicted molar refractivity (Wildman–Crippen MR) is 38.4 cm³/mol. The van der Waals surface area contributed by atoms with Gasteiger partial charge in [0.05, 0.1) is 0 Å². The largest absolute Gasteiger partial charge is 0.510 e. The van der Waals surface area contributed by atoms with Crippen molar-refractivity contribution in [1.29, 1.82) is 0 Å². The molecule has 0 atom stereocenters. The summed E-state index contributed by atoms with van der Waals surface area (Å²) in [6.07, 6.45) is -1.28. The van der Waals surface area contributed by atoms with E-state index < -0.39 is 11.0 Å². The fourth-order valence-electron chi connectivity index (χ4n) is 0.337. The molecule has 0 spiro atoms. The first-order valence-electron chi connectivity index (χ1n) is 2.39. The van der Waals surface area contributed by atoms with Gasteiger partial charge in [0.15, 0.2) is 0 Å². The zero-order chi connectivity index (χ0) is 8.15. The second kappa shape index (κ2) is 4.41. The molecular weight excluding hydrogens is 179 g/mol. The lowest BCUT2D eigenvalue weighted by Crippen LogP contribution is -2.01. The molecule has 0 aromatic rings. The summed E-state index contributed by atoms with van der Waals surface area (Å²) in [5.74, 6) is 0.0440. The molecule has 0 radical (unpaired) electrons. The summed E-state index contributed by atoms with van der Waals surface area (Å²) in [4.78, 5) is 9.15. The second-order valence-electron chi connectivity index (χ2n) is 1.50. The number of alkyl halides is 2. The van der Waals surface area contributed by atoms with Crippen LogP contribution in [0.15, 0.2) is 12.3 Å². The molecule has 58 valence electrons. The third-order valence-electron chi connectivity index (χ3n) is 0.614. The third-order valence-corrected chi connectivity index (χ3v) is 0.922. The van der Waals surface area contributed by atoms with Gasteiger partial charge in [0.25, 0.3) is 0 Å². The highest BCUT2D eigenvalue weighted by atomic mass is 35.5. The van der Waals surface area contributed by atoms with Crippen molar-refractivity contribution < 1.29 is 14.6 Å². The lowest BCUT2D eigenvalue weighted by atomic mass is 10.4. The average Bonchev–Trinajstić information content (AvgIpc) is 1.58. The number of ether oxygens (including phenoxy) is 1. The van der Waals surface area contributed by atoms with Crippen molar-refractivity contribution >= 4 is 29.4 Å². The summed E-state index contributed by atoms with van der Waals surface area (Å²) in [5, 5.41) is 8.03. The molecule has 0 heterocycles. The number of carbonyl (C=O) groups is 1. The zero-order valence-corrected chi connectivity index (χ0v) is 6.52. The molecule has 10 heavy (non-hydrogen) atoms. The van der Waals surface area contributed by atoms with Crippen molar-refractivity contribution in [2.45, 2.75) is 11.3 Å². The van der Waals surface area contributed by atoms with Gasteiger partial charge in [-0.15, -0.1) is 23.2 Å². The van der Waals surface area contributed by atoms with Gasteiger partial charge in [-0.25, -0.2) is 4.79 Å². The SMILES string of the molecule is C=C(CC(Cl)Cl)OC(=O)O.